The average Bonchev–Trinajstić information content (AvgIpc) is 3.01. The number of amides is 1. The molecule has 8 heteroatoms. The Balaban J connectivity index is 1.55. The second-order valence-corrected chi connectivity index (χ2v) is 6.06. The van der Waals surface area contributed by atoms with Crippen molar-refractivity contribution in [3.05, 3.63) is 27.2 Å². The molecule has 0 atom stereocenters. The molecule has 1 amide bonds. The number of ether oxygens (including phenoxy) is 1. The van der Waals surface area contributed by atoms with Crippen molar-refractivity contribution in [2.75, 3.05) is 13.2 Å². The van der Waals surface area contributed by atoms with Gasteiger partial charge in [0, 0.05) is 26.4 Å². The topological polar surface area (TPSA) is 81.9 Å². The standard InChI is InChI=1S/C13H17N5O2S/c1-8-15-12(18(2)17-8)13(19)14-5-3-11-16-9-4-6-20-7-10(9)21-11/h3-7H2,1-2H3,(H,14,19). The number of aromatic nitrogens is 4. The minimum atomic E-state index is -0.206. The molecule has 2 aromatic heterocycles. The first-order chi connectivity index (χ1) is 10.1. The number of nitrogens with zero attached hydrogens (tertiary/aromatic N) is 4. The third-order valence-electron chi connectivity index (χ3n) is 3.24. The van der Waals surface area contributed by atoms with E-state index in [2.05, 4.69) is 20.4 Å². The number of thiazole rings is 1. The van der Waals surface area contributed by atoms with Crippen LogP contribution < -0.4 is 5.32 Å². The number of hydrogen-bond donors (Lipinski definition) is 1. The smallest absolute Gasteiger partial charge is 0.288 e. The summed E-state index contributed by atoms with van der Waals surface area (Å²) >= 11 is 1.67. The Bertz CT molecular complexity index is 640. The van der Waals surface area contributed by atoms with Crippen molar-refractivity contribution in [1.82, 2.24) is 25.1 Å². The summed E-state index contributed by atoms with van der Waals surface area (Å²) in [5.41, 5.74) is 1.15. The van der Waals surface area contributed by atoms with Crippen LogP contribution in [0, 0.1) is 6.92 Å². The van der Waals surface area contributed by atoms with Gasteiger partial charge in [-0.2, -0.15) is 5.10 Å². The molecule has 2 aromatic rings. The normalized spacial score (nSPS) is 14.0. The molecule has 0 saturated carbocycles. The lowest BCUT2D eigenvalue weighted by Crippen LogP contribution is -2.28. The van der Waals surface area contributed by atoms with E-state index in [0.717, 1.165) is 30.2 Å². The summed E-state index contributed by atoms with van der Waals surface area (Å²) in [5, 5.41) is 7.96. The van der Waals surface area contributed by atoms with Crippen LogP contribution in [0.25, 0.3) is 0 Å². The molecule has 0 spiro atoms. The van der Waals surface area contributed by atoms with Gasteiger partial charge in [-0.1, -0.05) is 0 Å². The minimum Gasteiger partial charge on any atom is -0.375 e. The van der Waals surface area contributed by atoms with Crippen molar-refractivity contribution in [3.63, 3.8) is 0 Å². The van der Waals surface area contributed by atoms with Crippen LogP contribution in [0.2, 0.25) is 0 Å². The summed E-state index contributed by atoms with van der Waals surface area (Å²) in [6.45, 7) is 3.72. The number of rotatable bonds is 4. The third-order valence-corrected chi connectivity index (χ3v) is 4.37. The van der Waals surface area contributed by atoms with Crippen molar-refractivity contribution in [1.29, 1.82) is 0 Å². The molecule has 0 bridgehead atoms. The summed E-state index contributed by atoms with van der Waals surface area (Å²) < 4.78 is 6.90. The number of carbonyl (C=O) groups is 1. The van der Waals surface area contributed by atoms with Gasteiger partial charge in [-0.15, -0.1) is 11.3 Å². The van der Waals surface area contributed by atoms with Gasteiger partial charge in [0.15, 0.2) is 0 Å². The molecule has 1 N–H and O–H groups in total. The predicted octanol–water partition coefficient (Wildman–Crippen LogP) is 0.625. The predicted molar refractivity (Wildman–Crippen MR) is 77.3 cm³/mol. The third kappa shape index (κ3) is 3.11. The van der Waals surface area contributed by atoms with Crippen molar-refractivity contribution in [3.8, 4) is 0 Å². The van der Waals surface area contributed by atoms with Crippen LogP contribution in [-0.4, -0.2) is 38.8 Å². The number of nitrogens with one attached hydrogen (secondary N) is 1. The van der Waals surface area contributed by atoms with E-state index in [1.807, 2.05) is 0 Å². The van der Waals surface area contributed by atoms with E-state index in [1.54, 1.807) is 25.3 Å². The van der Waals surface area contributed by atoms with Crippen LogP contribution in [0.4, 0.5) is 0 Å². The second kappa shape index (κ2) is 5.90. The Morgan fingerprint density at radius 1 is 1.48 bits per heavy atom. The van der Waals surface area contributed by atoms with Gasteiger partial charge in [-0.05, 0) is 6.92 Å². The van der Waals surface area contributed by atoms with Crippen molar-refractivity contribution < 1.29 is 9.53 Å². The average molecular weight is 307 g/mol. The van der Waals surface area contributed by atoms with Crippen LogP contribution in [0.1, 0.15) is 32.0 Å². The molecule has 0 unspecified atom stereocenters. The SMILES string of the molecule is Cc1nc(C(=O)NCCc2nc3c(s2)COCC3)n(C)n1. The van der Waals surface area contributed by atoms with Crippen LogP contribution in [-0.2, 0) is 31.2 Å². The molecule has 0 saturated heterocycles. The summed E-state index contributed by atoms with van der Waals surface area (Å²) in [4.78, 5) is 21.9. The van der Waals surface area contributed by atoms with Gasteiger partial charge in [0.05, 0.1) is 28.8 Å². The van der Waals surface area contributed by atoms with Gasteiger partial charge in [0.1, 0.15) is 5.82 Å². The lowest BCUT2D eigenvalue weighted by molar-refractivity contribution is 0.0939. The van der Waals surface area contributed by atoms with E-state index < -0.39 is 0 Å². The molecule has 0 aromatic carbocycles. The molecular formula is C13H17N5O2S. The van der Waals surface area contributed by atoms with Gasteiger partial charge in [-0.3, -0.25) is 4.79 Å². The lowest BCUT2D eigenvalue weighted by atomic mass is 10.2. The van der Waals surface area contributed by atoms with Gasteiger partial charge in [0.25, 0.3) is 5.91 Å². The maximum absolute atomic E-state index is 12.0. The van der Waals surface area contributed by atoms with E-state index in [-0.39, 0.29) is 5.91 Å². The van der Waals surface area contributed by atoms with E-state index in [0.29, 0.717) is 24.8 Å². The van der Waals surface area contributed by atoms with Crippen LogP contribution in [0.15, 0.2) is 0 Å². The highest BCUT2D eigenvalue weighted by atomic mass is 32.1. The van der Waals surface area contributed by atoms with Crippen LogP contribution in [0.5, 0.6) is 0 Å². The van der Waals surface area contributed by atoms with E-state index >= 15 is 0 Å². The number of carbonyl (C=O) groups excluding carboxylic acids is 1. The fourth-order valence-electron chi connectivity index (χ4n) is 2.26. The molecule has 1 aliphatic rings. The highest BCUT2D eigenvalue weighted by Gasteiger charge is 2.16. The molecule has 0 fully saturated rings. The molecule has 0 radical (unpaired) electrons. The van der Waals surface area contributed by atoms with Gasteiger partial charge in [0.2, 0.25) is 5.82 Å². The van der Waals surface area contributed by atoms with Crippen LogP contribution in [0.3, 0.4) is 0 Å². The lowest BCUT2D eigenvalue weighted by Gasteiger charge is -2.08. The van der Waals surface area contributed by atoms with E-state index in [4.69, 9.17) is 4.74 Å². The number of aryl methyl sites for hydroxylation is 2. The largest absolute Gasteiger partial charge is 0.375 e. The summed E-state index contributed by atoms with van der Waals surface area (Å²) in [5.74, 6) is 0.720. The molecule has 21 heavy (non-hydrogen) atoms. The zero-order chi connectivity index (χ0) is 14.8. The maximum atomic E-state index is 12.0. The fraction of sp³-hybridized carbons (Fsp3) is 0.538. The number of fused-ring (bicyclic) bond motifs is 1. The molecule has 112 valence electrons. The highest BCUT2D eigenvalue weighted by Crippen LogP contribution is 2.23. The van der Waals surface area contributed by atoms with Gasteiger partial charge < -0.3 is 10.1 Å². The quantitative estimate of drug-likeness (QED) is 0.895. The first kappa shape index (κ1) is 14.2. The first-order valence-corrected chi connectivity index (χ1v) is 7.66. The van der Waals surface area contributed by atoms with E-state index in [1.165, 1.54) is 9.56 Å². The number of hydrogen-bond acceptors (Lipinski definition) is 6. The summed E-state index contributed by atoms with van der Waals surface area (Å²) in [6.07, 6.45) is 1.61. The summed E-state index contributed by atoms with van der Waals surface area (Å²) in [7, 11) is 1.71. The van der Waals surface area contributed by atoms with Gasteiger partial charge in [-0.25, -0.2) is 14.6 Å². The second-order valence-electron chi connectivity index (χ2n) is 4.89. The molecule has 3 heterocycles. The molecule has 1 aliphatic heterocycles. The van der Waals surface area contributed by atoms with Crippen LogP contribution >= 0.6 is 11.3 Å². The van der Waals surface area contributed by atoms with Gasteiger partial charge >= 0.3 is 0 Å². The summed E-state index contributed by atoms with van der Waals surface area (Å²) in [6, 6.07) is 0. The molecule has 7 nitrogen and oxygen atoms in total. The Labute approximate surface area is 126 Å². The van der Waals surface area contributed by atoms with Crippen molar-refractivity contribution >= 4 is 17.2 Å². The van der Waals surface area contributed by atoms with E-state index in [9.17, 15) is 4.79 Å². The highest BCUT2D eigenvalue weighted by molar-refractivity contribution is 7.11. The molecule has 3 rings (SSSR count). The Hall–Kier alpha value is -1.80. The monoisotopic (exact) mass is 307 g/mol. The Morgan fingerprint density at radius 2 is 2.33 bits per heavy atom. The zero-order valence-corrected chi connectivity index (χ0v) is 12.9. The Kier molecular flexibility index (Phi) is 3.98. The fourth-order valence-corrected chi connectivity index (χ4v) is 3.31. The van der Waals surface area contributed by atoms with Crippen molar-refractivity contribution in [2.45, 2.75) is 26.4 Å². The molecular weight excluding hydrogens is 290 g/mol. The Morgan fingerprint density at radius 3 is 3.05 bits per heavy atom. The minimum absolute atomic E-state index is 0.206. The molecule has 0 aliphatic carbocycles. The maximum Gasteiger partial charge on any atom is 0.288 e. The first-order valence-electron chi connectivity index (χ1n) is 6.84. The van der Waals surface area contributed by atoms with Crippen molar-refractivity contribution in [2.24, 2.45) is 7.05 Å². The zero-order valence-electron chi connectivity index (χ0n) is 12.0.